The van der Waals surface area contributed by atoms with E-state index in [2.05, 4.69) is 26.1 Å². The molecule has 0 saturated heterocycles. The number of aromatic nitrogens is 2. The smallest absolute Gasteiger partial charge is 0.133 e. The number of nitrogens with zero attached hydrogens (tertiary/aromatic N) is 1. The van der Waals surface area contributed by atoms with Gasteiger partial charge in [0.25, 0.3) is 0 Å². The Kier molecular flexibility index (Phi) is 2.02. The number of aromatic amines is 1. The second-order valence-electron chi connectivity index (χ2n) is 2.32. The highest BCUT2D eigenvalue weighted by Gasteiger charge is 2.07. The fourth-order valence-electron chi connectivity index (χ4n) is 1.03. The molecular formula is C7H3BrCl2N2. The molecule has 0 radical (unpaired) electrons. The van der Waals surface area contributed by atoms with Gasteiger partial charge < -0.3 is 0 Å². The van der Waals surface area contributed by atoms with Crippen LogP contribution < -0.4 is 0 Å². The largest absolute Gasteiger partial charge is 0.266 e. The first-order valence-electron chi connectivity index (χ1n) is 3.17. The van der Waals surface area contributed by atoms with Gasteiger partial charge in [0.15, 0.2) is 0 Å². The van der Waals surface area contributed by atoms with Crippen LogP contribution in [0, 0.1) is 0 Å². The molecule has 0 unspecified atom stereocenters. The highest BCUT2D eigenvalue weighted by Crippen LogP contribution is 2.31. The van der Waals surface area contributed by atoms with Crippen LogP contribution in [0.2, 0.25) is 10.2 Å². The Balaban J connectivity index is 2.93. The highest BCUT2D eigenvalue weighted by molar-refractivity contribution is 9.10. The number of H-pyrrole nitrogens is 1. The molecule has 1 heterocycles. The SMILES string of the molecule is Clc1cc(Br)cc2n[nH]c(Cl)c12. The van der Waals surface area contributed by atoms with Gasteiger partial charge in [-0.25, -0.2) is 0 Å². The van der Waals surface area contributed by atoms with Gasteiger partial charge in [0.05, 0.1) is 15.9 Å². The van der Waals surface area contributed by atoms with Gasteiger partial charge in [0, 0.05) is 4.47 Å². The van der Waals surface area contributed by atoms with E-state index >= 15 is 0 Å². The summed E-state index contributed by atoms with van der Waals surface area (Å²) in [7, 11) is 0. The Morgan fingerprint density at radius 3 is 2.83 bits per heavy atom. The Bertz CT molecular complexity index is 438. The molecule has 1 aromatic heterocycles. The number of rotatable bonds is 0. The van der Waals surface area contributed by atoms with Crippen LogP contribution in [0.4, 0.5) is 0 Å². The molecular weight excluding hydrogens is 263 g/mol. The van der Waals surface area contributed by atoms with E-state index in [4.69, 9.17) is 23.2 Å². The molecule has 0 aliphatic heterocycles. The Labute approximate surface area is 87.0 Å². The van der Waals surface area contributed by atoms with Crippen LogP contribution in [-0.2, 0) is 0 Å². The third-order valence-corrected chi connectivity index (χ3v) is 2.56. The van der Waals surface area contributed by atoms with E-state index in [1.54, 1.807) is 6.07 Å². The van der Waals surface area contributed by atoms with Crippen molar-refractivity contribution in [1.29, 1.82) is 0 Å². The van der Waals surface area contributed by atoms with Crippen molar-refractivity contribution in [2.24, 2.45) is 0 Å². The van der Waals surface area contributed by atoms with Gasteiger partial charge in [-0.05, 0) is 12.1 Å². The van der Waals surface area contributed by atoms with Crippen molar-refractivity contribution in [2.45, 2.75) is 0 Å². The van der Waals surface area contributed by atoms with Crippen molar-refractivity contribution < 1.29 is 0 Å². The lowest BCUT2D eigenvalue weighted by molar-refractivity contribution is 1.12. The summed E-state index contributed by atoms with van der Waals surface area (Å²) in [6.45, 7) is 0. The lowest BCUT2D eigenvalue weighted by Crippen LogP contribution is -1.71. The predicted molar refractivity (Wildman–Crippen MR) is 53.8 cm³/mol. The fraction of sp³-hybridized carbons (Fsp3) is 0. The summed E-state index contributed by atoms with van der Waals surface area (Å²) in [4.78, 5) is 0. The summed E-state index contributed by atoms with van der Waals surface area (Å²) < 4.78 is 0.892. The molecule has 0 bridgehead atoms. The molecule has 62 valence electrons. The summed E-state index contributed by atoms with van der Waals surface area (Å²) in [6, 6.07) is 3.63. The van der Waals surface area contributed by atoms with Gasteiger partial charge in [-0.2, -0.15) is 5.10 Å². The van der Waals surface area contributed by atoms with Crippen molar-refractivity contribution in [3.05, 3.63) is 26.8 Å². The van der Waals surface area contributed by atoms with E-state index in [1.807, 2.05) is 6.07 Å². The van der Waals surface area contributed by atoms with E-state index in [-0.39, 0.29) is 0 Å². The third-order valence-electron chi connectivity index (χ3n) is 1.53. The van der Waals surface area contributed by atoms with E-state index in [0.29, 0.717) is 10.2 Å². The Hall–Kier alpha value is -0.250. The molecule has 0 aliphatic rings. The number of halogens is 3. The van der Waals surface area contributed by atoms with Crippen LogP contribution in [0.1, 0.15) is 0 Å². The number of hydrogen-bond acceptors (Lipinski definition) is 1. The molecule has 5 heteroatoms. The molecule has 0 fully saturated rings. The van der Waals surface area contributed by atoms with E-state index in [0.717, 1.165) is 15.4 Å². The first kappa shape index (κ1) is 8.35. The van der Waals surface area contributed by atoms with Crippen molar-refractivity contribution in [3.8, 4) is 0 Å². The fourth-order valence-corrected chi connectivity index (χ4v) is 2.21. The van der Waals surface area contributed by atoms with Gasteiger partial charge in [0.2, 0.25) is 0 Å². The van der Waals surface area contributed by atoms with Crippen LogP contribution in [-0.4, -0.2) is 10.2 Å². The second kappa shape index (κ2) is 2.91. The number of nitrogens with one attached hydrogen (secondary N) is 1. The summed E-state index contributed by atoms with van der Waals surface area (Å²) in [5.74, 6) is 0. The monoisotopic (exact) mass is 264 g/mol. The maximum absolute atomic E-state index is 5.93. The average molecular weight is 266 g/mol. The maximum Gasteiger partial charge on any atom is 0.133 e. The van der Waals surface area contributed by atoms with Crippen LogP contribution in [0.3, 0.4) is 0 Å². The molecule has 2 nitrogen and oxygen atoms in total. The number of hydrogen-bond donors (Lipinski definition) is 1. The van der Waals surface area contributed by atoms with E-state index < -0.39 is 0 Å². The second-order valence-corrected chi connectivity index (χ2v) is 4.02. The quantitative estimate of drug-likeness (QED) is 0.774. The van der Waals surface area contributed by atoms with E-state index in [1.165, 1.54) is 0 Å². The first-order valence-corrected chi connectivity index (χ1v) is 4.72. The molecule has 2 aromatic rings. The van der Waals surface area contributed by atoms with Gasteiger partial charge >= 0.3 is 0 Å². The molecule has 0 amide bonds. The number of fused-ring (bicyclic) bond motifs is 1. The van der Waals surface area contributed by atoms with Crippen LogP contribution in [0.15, 0.2) is 16.6 Å². The standard InChI is InChI=1S/C7H3BrCl2N2/c8-3-1-4(9)6-5(2-3)11-12-7(6)10/h1-2H,(H,11,12). The van der Waals surface area contributed by atoms with Crippen molar-refractivity contribution in [3.63, 3.8) is 0 Å². The molecule has 1 aromatic carbocycles. The van der Waals surface area contributed by atoms with Crippen molar-refractivity contribution >= 4 is 50.0 Å². The van der Waals surface area contributed by atoms with Crippen LogP contribution in [0.25, 0.3) is 10.9 Å². The topological polar surface area (TPSA) is 28.7 Å². The zero-order valence-corrected chi connectivity index (χ0v) is 8.83. The van der Waals surface area contributed by atoms with Crippen molar-refractivity contribution in [2.75, 3.05) is 0 Å². The van der Waals surface area contributed by atoms with Gasteiger partial charge in [-0.1, -0.05) is 39.1 Å². The molecule has 2 rings (SSSR count). The Morgan fingerprint density at radius 2 is 2.08 bits per heavy atom. The highest BCUT2D eigenvalue weighted by atomic mass is 79.9. The summed E-state index contributed by atoms with van der Waals surface area (Å²) in [6.07, 6.45) is 0. The molecule has 0 aliphatic carbocycles. The first-order chi connectivity index (χ1) is 5.68. The minimum Gasteiger partial charge on any atom is -0.266 e. The third kappa shape index (κ3) is 1.22. The van der Waals surface area contributed by atoms with Gasteiger partial charge in [0.1, 0.15) is 5.15 Å². The summed E-state index contributed by atoms with van der Waals surface area (Å²) >= 11 is 15.1. The minimum absolute atomic E-state index is 0.475. The van der Waals surface area contributed by atoms with Crippen molar-refractivity contribution in [1.82, 2.24) is 10.2 Å². The van der Waals surface area contributed by atoms with Crippen LogP contribution >= 0.6 is 39.1 Å². The van der Waals surface area contributed by atoms with Gasteiger partial charge in [-0.3, -0.25) is 5.10 Å². The Morgan fingerprint density at radius 1 is 1.33 bits per heavy atom. The molecule has 1 N–H and O–H groups in total. The zero-order valence-electron chi connectivity index (χ0n) is 5.74. The normalized spacial score (nSPS) is 10.9. The molecule has 0 saturated carbocycles. The van der Waals surface area contributed by atoms with Crippen LogP contribution in [0.5, 0.6) is 0 Å². The average Bonchev–Trinajstić information content (AvgIpc) is 2.31. The lowest BCUT2D eigenvalue weighted by atomic mass is 10.3. The van der Waals surface area contributed by atoms with Gasteiger partial charge in [-0.15, -0.1) is 0 Å². The maximum atomic E-state index is 5.93. The summed E-state index contributed by atoms with van der Waals surface area (Å²) in [5, 5.41) is 8.46. The summed E-state index contributed by atoms with van der Waals surface area (Å²) in [5.41, 5.74) is 0.763. The molecule has 0 atom stereocenters. The molecule has 12 heavy (non-hydrogen) atoms. The van der Waals surface area contributed by atoms with E-state index in [9.17, 15) is 0 Å². The predicted octanol–water partition coefficient (Wildman–Crippen LogP) is 3.63. The zero-order chi connectivity index (χ0) is 8.72. The molecule has 0 spiro atoms. The minimum atomic E-state index is 0.475. The number of benzene rings is 1. The lowest BCUT2D eigenvalue weighted by Gasteiger charge is -1.94.